The summed E-state index contributed by atoms with van der Waals surface area (Å²) in [4.78, 5) is 29.0. The van der Waals surface area contributed by atoms with Crippen LogP contribution in [-0.2, 0) is 14.3 Å². The monoisotopic (exact) mass is 546 g/mol. The topological polar surface area (TPSA) is 103 Å². The van der Waals surface area contributed by atoms with E-state index in [0.29, 0.717) is 32.3 Å². The fraction of sp³-hybridized carbons (Fsp3) is 0.438. The third-order valence-corrected chi connectivity index (χ3v) is 8.25. The fourth-order valence-corrected chi connectivity index (χ4v) is 6.12. The first kappa shape index (κ1) is 29.7. The summed E-state index contributed by atoms with van der Waals surface area (Å²) in [5, 5.41) is 21.0. The second-order valence-corrected chi connectivity index (χ2v) is 10.8. The third kappa shape index (κ3) is 6.20. The lowest BCUT2D eigenvalue weighted by molar-refractivity contribution is -0.147. The van der Waals surface area contributed by atoms with E-state index >= 15 is 0 Å². The highest BCUT2D eigenvalue weighted by atomic mass is 16.5. The van der Waals surface area contributed by atoms with Crippen LogP contribution in [0.5, 0.6) is 0 Å². The number of aliphatic hydroxyl groups is 1. The Morgan fingerprint density at radius 1 is 1.07 bits per heavy atom. The van der Waals surface area contributed by atoms with Crippen molar-refractivity contribution in [2.45, 2.75) is 69.2 Å². The molecule has 2 fully saturated rings. The minimum Gasteiger partial charge on any atom is -0.376 e. The average Bonchev–Trinajstić information content (AvgIpc) is 3.21. The molecule has 0 aliphatic carbocycles. The van der Waals surface area contributed by atoms with Gasteiger partial charge >= 0.3 is 0 Å². The van der Waals surface area contributed by atoms with Gasteiger partial charge in [0.1, 0.15) is 12.5 Å². The van der Waals surface area contributed by atoms with Gasteiger partial charge < -0.3 is 25.8 Å². The van der Waals surface area contributed by atoms with Crippen molar-refractivity contribution in [1.82, 2.24) is 20.9 Å². The van der Waals surface area contributed by atoms with E-state index in [4.69, 9.17) is 4.74 Å². The van der Waals surface area contributed by atoms with Gasteiger partial charge in [0.25, 0.3) is 0 Å². The van der Waals surface area contributed by atoms with Gasteiger partial charge in [-0.1, -0.05) is 72.8 Å². The Kier molecular flexibility index (Phi) is 9.92. The lowest BCUT2D eigenvalue weighted by atomic mass is 9.73. The zero-order valence-corrected chi connectivity index (χ0v) is 23.5. The molecule has 0 aromatic heterocycles. The third-order valence-electron chi connectivity index (χ3n) is 8.25. The number of nitrogens with zero attached hydrogens (tertiary/aromatic N) is 1. The van der Waals surface area contributed by atoms with Crippen molar-refractivity contribution in [3.05, 3.63) is 97.1 Å². The summed E-state index contributed by atoms with van der Waals surface area (Å²) in [5.41, 5.74) is 1.31. The summed E-state index contributed by atoms with van der Waals surface area (Å²) in [6.07, 6.45) is 4.04. The number of ether oxygens (including phenoxy) is 1. The highest BCUT2D eigenvalue weighted by molar-refractivity contribution is 5.84. The molecule has 0 saturated carbocycles. The van der Waals surface area contributed by atoms with E-state index in [-0.39, 0.29) is 11.8 Å². The first-order chi connectivity index (χ1) is 19.3. The number of allylic oxidation sites excluding steroid dienone is 2. The lowest BCUT2D eigenvalue weighted by Gasteiger charge is -2.40. The van der Waals surface area contributed by atoms with Crippen LogP contribution < -0.4 is 16.0 Å². The van der Waals surface area contributed by atoms with Crippen molar-refractivity contribution in [3.8, 4) is 0 Å². The molecule has 40 heavy (non-hydrogen) atoms. The SMILES string of the molecule is C=CCC1(CC=C)C[C@@H]2OCCC(NC(=O)[C@H](C)NC)C(O)N2[C@@H]1C(=O)NC(c1ccccc1)c1ccccc1. The smallest absolute Gasteiger partial charge is 0.238 e. The first-order valence-corrected chi connectivity index (χ1v) is 14.0. The molecule has 2 heterocycles. The van der Waals surface area contributed by atoms with Crippen LogP contribution in [0.4, 0.5) is 0 Å². The van der Waals surface area contributed by atoms with E-state index in [1.54, 1.807) is 18.9 Å². The molecule has 0 bridgehead atoms. The first-order valence-electron chi connectivity index (χ1n) is 14.0. The maximum absolute atomic E-state index is 14.5. The lowest BCUT2D eigenvalue weighted by Crippen LogP contribution is -2.61. The molecule has 8 heteroatoms. The van der Waals surface area contributed by atoms with Crippen molar-refractivity contribution >= 4 is 11.8 Å². The second-order valence-electron chi connectivity index (χ2n) is 10.8. The molecular weight excluding hydrogens is 504 g/mol. The van der Waals surface area contributed by atoms with Gasteiger partial charge in [-0.15, -0.1) is 13.2 Å². The van der Waals surface area contributed by atoms with Crippen LogP contribution in [-0.4, -0.2) is 66.1 Å². The average molecular weight is 547 g/mol. The highest BCUT2D eigenvalue weighted by Crippen LogP contribution is 2.49. The van der Waals surface area contributed by atoms with E-state index in [2.05, 4.69) is 29.1 Å². The van der Waals surface area contributed by atoms with Gasteiger partial charge in [0, 0.05) is 5.41 Å². The van der Waals surface area contributed by atoms with Crippen LogP contribution >= 0.6 is 0 Å². The van der Waals surface area contributed by atoms with Crippen LogP contribution in [0.2, 0.25) is 0 Å². The van der Waals surface area contributed by atoms with Crippen molar-refractivity contribution in [2.75, 3.05) is 13.7 Å². The molecule has 2 saturated heterocycles. The standard InChI is InChI=1S/C32H42N4O4/c1-5-18-32(19-6-2)21-26-36(31(39)25(17-20-40-26)34-29(37)22(3)33-4)28(32)30(38)35-27(23-13-9-7-10-14-23)24-15-11-8-12-16-24/h5-16,22,25-28,31,33,39H,1-2,17-21H2,3-4H3,(H,34,37)(H,35,38)/t22-,25?,26-,28+,31?/m0/s1. The zero-order valence-electron chi connectivity index (χ0n) is 23.5. The molecule has 5 atom stereocenters. The van der Waals surface area contributed by atoms with E-state index in [0.717, 1.165) is 11.1 Å². The Morgan fingerprint density at radius 3 is 2.17 bits per heavy atom. The highest BCUT2D eigenvalue weighted by Gasteiger charge is 2.58. The summed E-state index contributed by atoms with van der Waals surface area (Å²) in [5.74, 6) is -0.441. The summed E-state index contributed by atoms with van der Waals surface area (Å²) in [6.45, 7) is 10.1. The van der Waals surface area contributed by atoms with Gasteiger partial charge in [-0.3, -0.25) is 9.59 Å². The number of aliphatic hydroxyl groups excluding tert-OH is 1. The molecule has 2 aliphatic rings. The number of fused-ring (bicyclic) bond motifs is 1. The Balaban J connectivity index is 1.72. The molecular formula is C32H42N4O4. The van der Waals surface area contributed by atoms with Crippen LogP contribution in [0.1, 0.15) is 49.8 Å². The van der Waals surface area contributed by atoms with Crippen molar-refractivity contribution in [2.24, 2.45) is 5.41 Å². The second kappa shape index (κ2) is 13.4. The van der Waals surface area contributed by atoms with Crippen LogP contribution in [0, 0.1) is 5.41 Å². The predicted octanol–water partition coefficient (Wildman–Crippen LogP) is 3.26. The van der Waals surface area contributed by atoms with E-state index in [9.17, 15) is 14.7 Å². The number of rotatable bonds is 11. The summed E-state index contributed by atoms with van der Waals surface area (Å²) < 4.78 is 6.25. The molecule has 2 amide bonds. The van der Waals surface area contributed by atoms with Gasteiger partial charge in [0.05, 0.1) is 30.8 Å². The number of hydrogen-bond donors (Lipinski definition) is 4. The largest absolute Gasteiger partial charge is 0.376 e. The van der Waals surface area contributed by atoms with E-state index < -0.39 is 42.0 Å². The molecule has 0 radical (unpaired) electrons. The minimum atomic E-state index is -1.13. The van der Waals surface area contributed by atoms with Crippen molar-refractivity contribution in [3.63, 3.8) is 0 Å². The minimum absolute atomic E-state index is 0.220. The molecule has 4 rings (SSSR count). The summed E-state index contributed by atoms with van der Waals surface area (Å²) in [7, 11) is 1.71. The Morgan fingerprint density at radius 2 is 1.65 bits per heavy atom. The molecule has 2 aromatic rings. The maximum Gasteiger partial charge on any atom is 0.238 e. The number of likely N-dealkylation sites (N-methyl/N-ethyl adjacent to an activating group) is 1. The molecule has 4 N–H and O–H groups in total. The van der Waals surface area contributed by atoms with Gasteiger partial charge in [0.15, 0.2) is 0 Å². The number of nitrogens with one attached hydrogen (secondary N) is 3. The van der Waals surface area contributed by atoms with Crippen molar-refractivity contribution < 1.29 is 19.4 Å². The van der Waals surface area contributed by atoms with E-state index in [1.807, 2.05) is 72.8 Å². The number of amides is 2. The van der Waals surface area contributed by atoms with Gasteiger partial charge in [-0.05, 0) is 50.8 Å². The van der Waals surface area contributed by atoms with Gasteiger partial charge in [0.2, 0.25) is 11.8 Å². The zero-order chi connectivity index (χ0) is 28.7. The summed E-state index contributed by atoms with van der Waals surface area (Å²) >= 11 is 0. The molecule has 2 aromatic carbocycles. The predicted molar refractivity (Wildman–Crippen MR) is 156 cm³/mol. The quantitative estimate of drug-likeness (QED) is 0.323. The number of carbonyl (C=O) groups excluding carboxylic acids is 2. The van der Waals surface area contributed by atoms with Crippen molar-refractivity contribution in [1.29, 1.82) is 0 Å². The van der Waals surface area contributed by atoms with E-state index in [1.165, 1.54) is 0 Å². The molecule has 2 unspecified atom stereocenters. The Labute approximate surface area is 237 Å². The number of hydrogen-bond acceptors (Lipinski definition) is 6. The maximum atomic E-state index is 14.5. The van der Waals surface area contributed by atoms with Gasteiger partial charge in [-0.25, -0.2) is 4.90 Å². The fourth-order valence-electron chi connectivity index (χ4n) is 6.12. The number of carbonyl (C=O) groups is 2. The molecule has 0 spiro atoms. The molecule has 8 nitrogen and oxygen atoms in total. The normalized spacial score (nSPS) is 24.9. The van der Waals surface area contributed by atoms with Crippen LogP contribution in [0.3, 0.4) is 0 Å². The molecule has 2 aliphatic heterocycles. The van der Waals surface area contributed by atoms with Gasteiger partial charge in [-0.2, -0.15) is 0 Å². The van der Waals surface area contributed by atoms with Crippen LogP contribution in [0.25, 0.3) is 0 Å². The summed E-state index contributed by atoms with van der Waals surface area (Å²) in [6, 6.07) is 17.5. The Hall–Kier alpha value is -3.30. The Bertz CT molecular complexity index is 1110. The van der Waals surface area contributed by atoms with Crippen LogP contribution in [0.15, 0.2) is 86.0 Å². The number of benzene rings is 2. The molecule has 214 valence electrons.